The van der Waals surface area contributed by atoms with Crippen LogP contribution < -0.4 is 10.1 Å². The van der Waals surface area contributed by atoms with Gasteiger partial charge in [0.25, 0.3) is 5.91 Å². The first kappa shape index (κ1) is 18.4. The molecule has 1 amide bonds. The van der Waals surface area contributed by atoms with Gasteiger partial charge in [0.1, 0.15) is 0 Å². The lowest BCUT2D eigenvalue weighted by atomic mass is 10.2. The fourth-order valence-corrected chi connectivity index (χ4v) is 5.72. The number of carbonyl (C=O) groups excluding carboxylic acids is 1. The molecular weight excluding hydrogens is 426 g/mol. The number of amides is 1. The minimum Gasteiger partial charge on any atom is -0.490 e. The van der Waals surface area contributed by atoms with Crippen molar-refractivity contribution in [3.05, 3.63) is 42.2 Å². The maximum Gasteiger partial charge on any atom is 0.293 e. The highest BCUT2D eigenvalue weighted by molar-refractivity contribution is 8.00. The number of nitrogens with zero attached hydrogens (tertiary/aromatic N) is 2. The molecule has 6 nitrogen and oxygen atoms in total. The van der Waals surface area contributed by atoms with E-state index in [9.17, 15) is 4.79 Å². The Kier molecular flexibility index (Phi) is 4.65. The molecule has 0 radical (unpaired) electrons. The first-order valence-corrected chi connectivity index (χ1v) is 11.7. The van der Waals surface area contributed by atoms with Crippen molar-refractivity contribution in [2.45, 2.75) is 11.3 Å². The van der Waals surface area contributed by atoms with Crippen molar-refractivity contribution >= 4 is 76.9 Å². The van der Waals surface area contributed by atoms with E-state index in [2.05, 4.69) is 15.3 Å². The molecule has 5 rings (SSSR count). The number of hydrogen-bond donors (Lipinski definition) is 1. The van der Waals surface area contributed by atoms with Crippen molar-refractivity contribution in [2.75, 3.05) is 18.2 Å². The molecule has 0 saturated heterocycles. The predicted octanol–water partition coefficient (Wildman–Crippen LogP) is 6.03. The normalized spacial score (nSPS) is 11.5. The molecule has 0 saturated carbocycles. The van der Waals surface area contributed by atoms with Gasteiger partial charge in [0.15, 0.2) is 26.6 Å². The summed E-state index contributed by atoms with van der Waals surface area (Å²) < 4.78 is 14.5. The lowest BCUT2D eigenvalue weighted by Crippen LogP contribution is -2.10. The zero-order chi connectivity index (χ0) is 20.0. The first-order chi connectivity index (χ1) is 14.2. The topological polar surface area (TPSA) is 77.2 Å². The monoisotopic (exact) mass is 441 g/mol. The summed E-state index contributed by atoms with van der Waals surface area (Å²) in [6.45, 7) is 2.43. The van der Waals surface area contributed by atoms with Gasteiger partial charge < -0.3 is 9.15 Å². The van der Waals surface area contributed by atoms with Crippen LogP contribution in [0, 0.1) is 0 Å². The van der Waals surface area contributed by atoms with Crippen LogP contribution in [-0.4, -0.2) is 28.7 Å². The number of para-hydroxylation sites is 1. The highest BCUT2D eigenvalue weighted by atomic mass is 32.2. The Balaban J connectivity index is 1.48. The molecule has 5 aromatic rings. The molecule has 0 unspecified atom stereocenters. The Morgan fingerprint density at radius 2 is 1.97 bits per heavy atom. The number of anilines is 1. The smallest absolute Gasteiger partial charge is 0.293 e. The van der Waals surface area contributed by atoms with Crippen LogP contribution in [-0.2, 0) is 0 Å². The Bertz CT molecular complexity index is 1370. The van der Waals surface area contributed by atoms with Crippen LogP contribution in [0.5, 0.6) is 5.75 Å². The summed E-state index contributed by atoms with van der Waals surface area (Å²) in [6.07, 6.45) is 2.01. The SMILES string of the molecule is CCOc1cccc2cc(C(=O)Nc3nc4ccc5nc(SC)sc5c4s3)oc12. The lowest BCUT2D eigenvalue weighted by molar-refractivity contribution is 0.0998. The molecule has 0 aliphatic carbocycles. The molecule has 0 spiro atoms. The summed E-state index contributed by atoms with van der Waals surface area (Å²) in [6, 6.07) is 11.2. The molecule has 0 fully saturated rings. The Hall–Kier alpha value is -2.62. The second-order valence-corrected chi connectivity index (χ2v) is 9.19. The molecule has 3 heterocycles. The predicted molar refractivity (Wildman–Crippen MR) is 120 cm³/mol. The van der Waals surface area contributed by atoms with Crippen LogP contribution in [0.2, 0.25) is 0 Å². The van der Waals surface area contributed by atoms with Crippen molar-refractivity contribution in [1.29, 1.82) is 0 Å². The number of ether oxygens (including phenoxy) is 1. The van der Waals surface area contributed by atoms with Crippen LogP contribution in [0.3, 0.4) is 0 Å². The van der Waals surface area contributed by atoms with Gasteiger partial charge in [-0.25, -0.2) is 9.97 Å². The third-order valence-electron chi connectivity index (χ3n) is 4.32. The third-order valence-corrected chi connectivity index (χ3v) is 7.53. The van der Waals surface area contributed by atoms with E-state index in [0.717, 1.165) is 30.2 Å². The number of hydrogen-bond acceptors (Lipinski definition) is 8. The summed E-state index contributed by atoms with van der Waals surface area (Å²) in [5.74, 6) is 0.508. The minimum atomic E-state index is -0.340. The molecule has 1 N–H and O–H groups in total. The largest absolute Gasteiger partial charge is 0.490 e. The van der Waals surface area contributed by atoms with E-state index in [1.165, 1.54) is 11.3 Å². The van der Waals surface area contributed by atoms with Crippen LogP contribution in [0.1, 0.15) is 17.5 Å². The van der Waals surface area contributed by atoms with E-state index >= 15 is 0 Å². The number of thiazole rings is 2. The fourth-order valence-electron chi connectivity index (χ4n) is 3.07. The Labute approximate surface area is 177 Å². The Morgan fingerprint density at radius 3 is 2.76 bits per heavy atom. The lowest BCUT2D eigenvalue weighted by Gasteiger charge is -2.02. The number of nitrogens with one attached hydrogen (secondary N) is 1. The van der Waals surface area contributed by atoms with Gasteiger partial charge in [-0.05, 0) is 37.4 Å². The zero-order valence-corrected chi connectivity index (χ0v) is 18.0. The maximum atomic E-state index is 12.8. The van der Waals surface area contributed by atoms with E-state index < -0.39 is 0 Å². The summed E-state index contributed by atoms with van der Waals surface area (Å²) >= 11 is 4.71. The number of carbonyl (C=O) groups is 1. The van der Waals surface area contributed by atoms with Gasteiger partial charge in [-0.15, -0.1) is 11.3 Å². The van der Waals surface area contributed by atoms with Gasteiger partial charge in [-0.3, -0.25) is 10.1 Å². The Morgan fingerprint density at radius 1 is 1.17 bits per heavy atom. The van der Waals surface area contributed by atoms with Crippen LogP contribution >= 0.6 is 34.4 Å². The first-order valence-electron chi connectivity index (χ1n) is 8.87. The molecule has 0 aliphatic heterocycles. The van der Waals surface area contributed by atoms with Crippen molar-refractivity contribution in [3.63, 3.8) is 0 Å². The third kappa shape index (κ3) is 3.25. The van der Waals surface area contributed by atoms with E-state index in [-0.39, 0.29) is 11.7 Å². The zero-order valence-electron chi connectivity index (χ0n) is 15.5. The van der Waals surface area contributed by atoms with Gasteiger partial charge in [0.2, 0.25) is 0 Å². The summed E-state index contributed by atoms with van der Waals surface area (Å²) in [4.78, 5) is 21.9. The van der Waals surface area contributed by atoms with E-state index in [1.54, 1.807) is 29.2 Å². The van der Waals surface area contributed by atoms with Crippen molar-refractivity contribution in [3.8, 4) is 5.75 Å². The molecule has 0 atom stereocenters. The van der Waals surface area contributed by atoms with E-state index in [1.807, 2.05) is 43.5 Å². The van der Waals surface area contributed by atoms with E-state index in [0.29, 0.717) is 23.1 Å². The van der Waals surface area contributed by atoms with Crippen LogP contribution in [0.4, 0.5) is 5.13 Å². The standard InChI is InChI=1S/C20H15N3O3S3/c1-3-25-13-6-4-5-10-9-14(26-15(10)13)18(24)23-19-21-11-7-8-12-17(16(11)28-19)29-20(22-12)27-2/h4-9H,3H2,1-2H3,(H,21,23,24). The highest BCUT2D eigenvalue weighted by Crippen LogP contribution is 2.38. The second kappa shape index (κ2) is 7.33. The van der Waals surface area contributed by atoms with E-state index in [4.69, 9.17) is 9.15 Å². The van der Waals surface area contributed by atoms with Gasteiger partial charge in [0.05, 0.1) is 27.0 Å². The van der Waals surface area contributed by atoms with Gasteiger partial charge in [-0.2, -0.15) is 0 Å². The molecule has 3 aromatic heterocycles. The van der Waals surface area contributed by atoms with Crippen LogP contribution in [0.15, 0.2) is 45.2 Å². The molecule has 0 bridgehead atoms. The quantitative estimate of drug-likeness (QED) is 0.336. The molecule has 146 valence electrons. The number of thioether (sulfide) groups is 1. The molecule has 9 heteroatoms. The number of furan rings is 1. The van der Waals surface area contributed by atoms with Gasteiger partial charge in [0, 0.05) is 5.39 Å². The summed E-state index contributed by atoms with van der Waals surface area (Å²) in [5, 5.41) is 4.21. The van der Waals surface area contributed by atoms with Gasteiger partial charge >= 0.3 is 0 Å². The average Bonchev–Trinajstić information content (AvgIpc) is 3.43. The van der Waals surface area contributed by atoms with Gasteiger partial charge in [-0.1, -0.05) is 35.2 Å². The molecule has 0 aliphatic rings. The fraction of sp³-hybridized carbons (Fsp3) is 0.150. The van der Waals surface area contributed by atoms with Crippen LogP contribution in [0.25, 0.3) is 31.4 Å². The number of fused-ring (bicyclic) bond motifs is 4. The number of benzene rings is 2. The molecule has 29 heavy (non-hydrogen) atoms. The highest BCUT2D eigenvalue weighted by Gasteiger charge is 2.18. The summed E-state index contributed by atoms with van der Waals surface area (Å²) in [7, 11) is 0. The number of rotatable bonds is 5. The van der Waals surface area contributed by atoms with Crippen molar-refractivity contribution in [2.24, 2.45) is 0 Å². The average molecular weight is 442 g/mol. The second-order valence-electron chi connectivity index (χ2n) is 6.14. The summed E-state index contributed by atoms with van der Waals surface area (Å²) in [5.41, 5.74) is 2.37. The maximum absolute atomic E-state index is 12.8. The van der Waals surface area contributed by atoms with Crippen molar-refractivity contribution < 1.29 is 13.9 Å². The minimum absolute atomic E-state index is 0.221. The molecule has 2 aromatic carbocycles. The molecular formula is C20H15N3O3S3. The number of aromatic nitrogens is 2. The van der Waals surface area contributed by atoms with Crippen molar-refractivity contribution in [1.82, 2.24) is 9.97 Å².